The maximum Gasteiger partial charge on any atom is 0.337 e. The van der Waals surface area contributed by atoms with Crippen molar-refractivity contribution >= 4 is 22.6 Å². The second-order valence-corrected chi connectivity index (χ2v) is 6.74. The van der Waals surface area contributed by atoms with Crippen LogP contribution in [0, 0.1) is 6.92 Å². The van der Waals surface area contributed by atoms with Crippen LogP contribution < -0.4 is 16.6 Å². The molecule has 0 unspecified atom stereocenters. The van der Waals surface area contributed by atoms with Crippen LogP contribution in [0.2, 0.25) is 0 Å². The van der Waals surface area contributed by atoms with E-state index < -0.39 is 11.2 Å². The van der Waals surface area contributed by atoms with Crippen molar-refractivity contribution in [2.75, 3.05) is 5.32 Å². The van der Waals surface area contributed by atoms with Crippen molar-refractivity contribution in [2.24, 2.45) is 7.05 Å². The quantitative estimate of drug-likeness (QED) is 0.587. The van der Waals surface area contributed by atoms with Crippen LogP contribution in [-0.4, -0.2) is 20.0 Å². The summed E-state index contributed by atoms with van der Waals surface area (Å²) in [6.45, 7) is 1.93. The number of hydrogen-bond donors (Lipinski definition) is 1. The van der Waals surface area contributed by atoms with Crippen LogP contribution in [0.1, 0.15) is 15.9 Å². The van der Waals surface area contributed by atoms with Gasteiger partial charge < -0.3 is 5.32 Å². The number of amides is 1. The number of anilines is 1. The third kappa shape index (κ3) is 3.34. The van der Waals surface area contributed by atoms with E-state index in [0.29, 0.717) is 11.4 Å². The largest absolute Gasteiger partial charge is 0.337 e. The van der Waals surface area contributed by atoms with Gasteiger partial charge in [0, 0.05) is 18.9 Å². The van der Waals surface area contributed by atoms with Gasteiger partial charge in [-0.1, -0.05) is 30.3 Å². The summed E-state index contributed by atoms with van der Waals surface area (Å²) in [6.07, 6.45) is 1.37. The molecule has 0 saturated carbocycles. The molecule has 0 bridgehead atoms. The average molecular weight is 386 g/mol. The first kappa shape index (κ1) is 18.4. The van der Waals surface area contributed by atoms with E-state index in [1.807, 2.05) is 31.2 Å². The minimum Gasteiger partial charge on any atom is -0.322 e. The number of fused-ring (bicyclic) bond motifs is 1. The summed E-state index contributed by atoms with van der Waals surface area (Å²) >= 11 is 0. The van der Waals surface area contributed by atoms with Gasteiger partial charge >= 0.3 is 5.69 Å². The SMILES string of the molecule is Cc1cccc(NC(=O)c2cnc3c(c2)c(=O)n(C)c(=O)n3-c2ccccc2)c1. The molecular weight excluding hydrogens is 368 g/mol. The third-order valence-electron chi connectivity index (χ3n) is 4.64. The highest BCUT2D eigenvalue weighted by Gasteiger charge is 2.16. The van der Waals surface area contributed by atoms with Crippen molar-refractivity contribution in [3.8, 4) is 5.69 Å². The molecule has 2 aromatic carbocycles. The smallest absolute Gasteiger partial charge is 0.322 e. The number of hydrogen-bond acceptors (Lipinski definition) is 4. The van der Waals surface area contributed by atoms with Crippen LogP contribution in [0.5, 0.6) is 0 Å². The molecular formula is C22H18N4O3. The van der Waals surface area contributed by atoms with Crippen molar-refractivity contribution in [3.05, 3.63) is 98.8 Å². The Morgan fingerprint density at radius 1 is 1.00 bits per heavy atom. The molecule has 0 spiro atoms. The van der Waals surface area contributed by atoms with Crippen LogP contribution in [0.25, 0.3) is 16.7 Å². The standard InChI is InChI=1S/C22H18N4O3/c1-14-7-6-8-16(11-14)24-20(27)15-12-18-19(23-13-15)26(17-9-4-3-5-10-17)22(29)25(2)21(18)28/h3-13H,1-2H3,(H,24,27). The molecule has 7 heteroatoms. The number of pyridine rings is 1. The Morgan fingerprint density at radius 2 is 1.76 bits per heavy atom. The van der Waals surface area contributed by atoms with Crippen molar-refractivity contribution in [1.82, 2.24) is 14.1 Å². The highest BCUT2D eigenvalue weighted by molar-refractivity contribution is 6.05. The zero-order chi connectivity index (χ0) is 20.5. The molecule has 1 amide bonds. The number of carbonyl (C=O) groups excluding carboxylic acids is 1. The predicted octanol–water partition coefficient (Wildman–Crippen LogP) is 2.65. The topological polar surface area (TPSA) is 86.0 Å². The molecule has 0 saturated heterocycles. The van der Waals surface area contributed by atoms with Gasteiger partial charge in [0.25, 0.3) is 11.5 Å². The van der Waals surface area contributed by atoms with Gasteiger partial charge in [-0.3, -0.25) is 14.2 Å². The zero-order valence-corrected chi connectivity index (χ0v) is 15.9. The first-order valence-electron chi connectivity index (χ1n) is 9.01. The molecule has 0 radical (unpaired) electrons. The third-order valence-corrected chi connectivity index (χ3v) is 4.64. The van der Waals surface area contributed by atoms with Crippen molar-refractivity contribution < 1.29 is 4.79 Å². The Balaban J connectivity index is 1.85. The maximum atomic E-state index is 12.7. The van der Waals surface area contributed by atoms with E-state index in [9.17, 15) is 14.4 Å². The fourth-order valence-corrected chi connectivity index (χ4v) is 3.16. The number of benzene rings is 2. The van der Waals surface area contributed by atoms with E-state index in [2.05, 4.69) is 10.3 Å². The monoisotopic (exact) mass is 386 g/mol. The lowest BCUT2D eigenvalue weighted by Gasteiger charge is -2.12. The number of carbonyl (C=O) groups is 1. The maximum absolute atomic E-state index is 12.7. The van der Waals surface area contributed by atoms with E-state index in [1.165, 1.54) is 23.9 Å². The van der Waals surface area contributed by atoms with Crippen molar-refractivity contribution in [2.45, 2.75) is 6.92 Å². The second-order valence-electron chi connectivity index (χ2n) is 6.74. The zero-order valence-electron chi connectivity index (χ0n) is 15.9. The lowest BCUT2D eigenvalue weighted by Crippen LogP contribution is -2.38. The summed E-state index contributed by atoms with van der Waals surface area (Å²) in [4.78, 5) is 42.3. The molecule has 4 aromatic rings. The first-order valence-corrected chi connectivity index (χ1v) is 9.01. The number of nitrogens with zero attached hydrogens (tertiary/aromatic N) is 3. The Labute approximate surface area is 165 Å². The molecule has 0 atom stereocenters. The molecule has 0 aliphatic carbocycles. The Hall–Kier alpha value is -4.00. The molecule has 0 aliphatic heterocycles. The minimum absolute atomic E-state index is 0.188. The Kier molecular flexibility index (Phi) is 4.56. The van der Waals surface area contributed by atoms with Crippen molar-refractivity contribution in [1.29, 1.82) is 0 Å². The summed E-state index contributed by atoms with van der Waals surface area (Å²) < 4.78 is 2.37. The van der Waals surface area contributed by atoms with E-state index >= 15 is 0 Å². The fourth-order valence-electron chi connectivity index (χ4n) is 3.16. The molecule has 2 heterocycles. The summed E-state index contributed by atoms with van der Waals surface area (Å²) in [6, 6.07) is 17.8. The number of para-hydroxylation sites is 1. The van der Waals surface area contributed by atoms with Crippen LogP contribution in [0.4, 0.5) is 5.69 Å². The van der Waals surface area contributed by atoms with Gasteiger partial charge in [-0.25, -0.2) is 14.3 Å². The van der Waals surface area contributed by atoms with Crippen LogP contribution in [0.3, 0.4) is 0 Å². The van der Waals surface area contributed by atoms with Gasteiger partial charge in [0.15, 0.2) is 5.65 Å². The summed E-state index contributed by atoms with van der Waals surface area (Å²) in [5.41, 5.74) is 1.68. The number of rotatable bonds is 3. The fraction of sp³-hybridized carbons (Fsp3) is 0.0909. The number of nitrogens with one attached hydrogen (secondary N) is 1. The molecule has 0 aliphatic rings. The lowest BCUT2D eigenvalue weighted by atomic mass is 10.2. The molecule has 2 aromatic heterocycles. The summed E-state index contributed by atoms with van der Waals surface area (Å²) in [5.74, 6) is -0.385. The Bertz CT molecular complexity index is 1350. The molecule has 0 fully saturated rings. The van der Waals surface area contributed by atoms with Gasteiger partial charge in [0.05, 0.1) is 16.6 Å². The van der Waals surface area contributed by atoms with Gasteiger partial charge in [0.1, 0.15) is 0 Å². The van der Waals surface area contributed by atoms with Crippen molar-refractivity contribution in [3.63, 3.8) is 0 Å². The number of aromatic nitrogens is 3. The molecule has 4 rings (SSSR count). The highest BCUT2D eigenvalue weighted by Crippen LogP contribution is 2.15. The summed E-state index contributed by atoms with van der Waals surface area (Å²) in [7, 11) is 1.41. The molecule has 7 nitrogen and oxygen atoms in total. The molecule has 144 valence electrons. The predicted molar refractivity (Wildman–Crippen MR) is 112 cm³/mol. The van der Waals surface area contributed by atoms with E-state index in [0.717, 1.165) is 10.1 Å². The van der Waals surface area contributed by atoms with E-state index in [4.69, 9.17) is 0 Å². The summed E-state index contributed by atoms with van der Waals surface area (Å²) in [5, 5.41) is 2.99. The van der Waals surface area contributed by atoms with Gasteiger partial charge in [-0.05, 0) is 42.8 Å². The number of aryl methyl sites for hydroxylation is 1. The normalized spacial score (nSPS) is 10.8. The van der Waals surface area contributed by atoms with Crippen LogP contribution in [0.15, 0.2) is 76.4 Å². The molecule has 29 heavy (non-hydrogen) atoms. The second kappa shape index (κ2) is 7.20. The van der Waals surface area contributed by atoms with Gasteiger partial charge in [0.2, 0.25) is 0 Å². The Morgan fingerprint density at radius 3 is 2.48 bits per heavy atom. The van der Waals surface area contributed by atoms with E-state index in [1.54, 1.807) is 30.3 Å². The highest BCUT2D eigenvalue weighted by atomic mass is 16.2. The average Bonchev–Trinajstić information content (AvgIpc) is 2.73. The molecule has 1 N–H and O–H groups in total. The first-order chi connectivity index (χ1) is 14.0. The lowest BCUT2D eigenvalue weighted by molar-refractivity contribution is 0.102. The van der Waals surface area contributed by atoms with Crippen LogP contribution in [-0.2, 0) is 7.05 Å². The van der Waals surface area contributed by atoms with Gasteiger partial charge in [-0.15, -0.1) is 0 Å². The van der Waals surface area contributed by atoms with Crippen LogP contribution >= 0.6 is 0 Å². The minimum atomic E-state index is -0.505. The van der Waals surface area contributed by atoms with E-state index in [-0.39, 0.29) is 22.5 Å². The van der Waals surface area contributed by atoms with Gasteiger partial charge in [-0.2, -0.15) is 0 Å².